The number of urea groups is 1. The quantitative estimate of drug-likeness (QED) is 0.821. The number of halogens is 5. The average Bonchev–Trinajstić information content (AvgIpc) is 2.36. The van der Waals surface area contributed by atoms with E-state index >= 15 is 0 Å². The molecule has 4 nitrogen and oxygen atoms in total. The summed E-state index contributed by atoms with van der Waals surface area (Å²) >= 11 is 0. The highest BCUT2D eigenvalue weighted by atomic mass is 19.4. The van der Waals surface area contributed by atoms with Crippen molar-refractivity contribution in [2.24, 2.45) is 0 Å². The third kappa shape index (κ3) is 3.65. The number of benzene rings is 1. The summed E-state index contributed by atoms with van der Waals surface area (Å²) in [6.45, 7) is -0.289. The molecular formula is C13H13F5N2O2. The lowest BCUT2D eigenvalue weighted by atomic mass is 9.89. The molecule has 0 saturated carbocycles. The predicted molar refractivity (Wildman–Crippen MR) is 67.4 cm³/mol. The molecule has 1 aromatic rings. The van der Waals surface area contributed by atoms with Crippen LogP contribution in [0.1, 0.15) is 12.8 Å². The number of carbonyl (C=O) groups is 1. The van der Waals surface area contributed by atoms with E-state index in [2.05, 4.69) is 0 Å². The molecule has 9 heteroatoms. The van der Waals surface area contributed by atoms with Gasteiger partial charge in [-0.3, -0.25) is 0 Å². The summed E-state index contributed by atoms with van der Waals surface area (Å²) in [5, 5.41) is 3.86. The largest absolute Gasteiger partial charge is 0.411 e. The maximum absolute atomic E-state index is 13.2. The number of nitrogens with one attached hydrogen (secondary N) is 2. The molecule has 1 aliphatic heterocycles. The Kier molecular flexibility index (Phi) is 4.55. The van der Waals surface area contributed by atoms with Crippen molar-refractivity contribution in [2.45, 2.75) is 24.6 Å². The minimum atomic E-state index is -4.67. The fraction of sp³-hybridized carbons (Fsp3) is 0.462. The number of ether oxygens (including phenoxy) is 1. The topological polar surface area (TPSA) is 50.4 Å². The molecule has 2 rings (SSSR count). The molecule has 1 heterocycles. The van der Waals surface area contributed by atoms with Crippen LogP contribution in [0.5, 0.6) is 0 Å². The summed E-state index contributed by atoms with van der Waals surface area (Å²) in [7, 11) is 0. The Balaban J connectivity index is 2.11. The van der Waals surface area contributed by atoms with Crippen molar-refractivity contribution in [1.29, 1.82) is 0 Å². The van der Waals surface area contributed by atoms with Crippen molar-refractivity contribution in [3.05, 3.63) is 29.8 Å². The van der Waals surface area contributed by atoms with E-state index in [1.165, 1.54) is 0 Å². The van der Waals surface area contributed by atoms with Crippen molar-refractivity contribution in [2.75, 3.05) is 18.5 Å². The van der Waals surface area contributed by atoms with Gasteiger partial charge < -0.3 is 15.4 Å². The number of alkyl halides is 3. The van der Waals surface area contributed by atoms with Gasteiger partial charge in [0.25, 0.3) is 0 Å². The monoisotopic (exact) mass is 324 g/mol. The lowest BCUT2D eigenvalue weighted by molar-refractivity contribution is -0.212. The first-order chi connectivity index (χ1) is 10.2. The van der Waals surface area contributed by atoms with Crippen LogP contribution in [-0.4, -0.2) is 31.0 Å². The summed E-state index contributed by atoms with van der Waals surface area (Å²) in [6.07, 6.45) is -5.52. The zero-order valence-corrected chi connectivity index (χ0v) is 11.3. The second kappa shape index (κ2) is 6.07. The highest BCUT2D eigenvalue weighted by molar-refractivity contribution is 5.89. The maximum atomic E-state index is 13.2. The van der Waals surface area contributed by atoms with E-state index in [1.54, 1.807) is 0 Å². The van der Waals surface area contributed by atoms with Gasteiger partial charge in [-0.05, 0) is 12.1 Å². The third-order valence-electron chi connectivity index (χ3n) is 3.36. The number of carbonyl (C=O) groups excluding carboxylic acids is 1. The fourth-order valence-electron chi connectivity index (χ4n) is 2.20. The van der Waals surface area contributed by atoms with Crippen LogP contribution in [0.15, 0.2) is 18.2 Å². The summed E-state index contributed by atoms with van der Waals surface area (Å²) in [5.41, 5.74) is -2.69. The molecule has 1 fully saturated rings. The van der Waals surface area contributed by atoms with E-state index in [0.717, 1.165) is 12.1 Å². The molecule has 0 radical (unpaired) electrons. The van der Waals surface area contributed by atoms with Gasteiger partial charge in [-0.1, -0.05) is 0 Å². The Bertz CT molecular complexity index is 536. The Morgan fingerprint density at radius 3 is 2.14 bits per heavy atom. The number of hydrogen-bond acceptors (Lipinski definition) is 2. The molecule has 122 valence electrons. The van der Waals surface area contributed by atoms with E-state index in [4.69, 9.17) is 4.74 Å². The molecule has 0 aliphatic carbocycles. The molecule has 0 atom stereocenters. The van der Waals surface area contributed by atoms with E-state index in [1.807, 2.05) is 10.6 Å². The van der Waals surface area contributed by atoms with Gasteiger partial charge in [0.1, 0.15) is 17.2 Å². The molecule has 0 unspecified atom stereocenters. The lowest BCUT2D eigenvalue weighted by Gasteiger charge is -2.39. The van der Waals surface area contributed by atoms with E-state index in [-0.39, 0.29) is 18.9 Å². The first-order valence-electron chi connectivity index (χ1n) is 6.42. The molecular weight excluding hydrogens is 311 g/mol. The second-order valence-electron chi connectivity index (χ2n) is 4.93. The lowest BCUT2D eigenvalue weighted by Crippen LogP contribution is -2.62. The molecule has 1 aliphatic rings. The van der Waals surface area contributed by atoms with Crippen molar-refractivity contribution < 1.29 is 31.5 Å². The number of amides is 2. The van der Waals surface area contributed by atoms with E-state index < -0.39 is 42.2 Å². The number of rotatable bonds is 2. The van der Waals surface area contributed by atoms with Gasteiger partial charge in [0, 0.05) is 37.8 Å². The Morgan fingerprint density at radius 1 is 1.09 bits per heavy atom. The van der Waals surface area contributed by atoms with Crippen molar-refractivity contribution in [3.63, 3.8) is 0 Å². The second-order valence-corrected chi connectivity index (χ2v) is 4.93. The first kappa shape index (κ1) is 16.5. The van der Waals surface area contributed by atoms with Crippen LogP contribution >= 0.6 is 0 Å². The Labute approximate surface area is 122 Å². The standard InChI is InChI=1S/C13H13F5N2O2/c14-8-5-9(15)7-10(6-8)19-11(21)20-12(13(16,17)18)1-3-22-4-2-12/h5-7H,1-4H2,(H2,19,20,21). The highest BCUT2D eigenvalue weighted by Crippen LogP contribution is 2.38. The normalized spacial score (nSPS) is 17.9. The van der Waals surface area contributed by atoms with Crippen LogP contribution in [0.3, 0.4) is 0 Å². The molecule has 0 aromatic heterocycles. The van der Waals surface area contributed by atoms with E-state index in [9.17, 15) is 26.7 Å². The Morgan fingerprint density at radius 2 is 1.64 bits per heavy atom. The molecule has 2 amide bonds. The smallest absolute Gasteiger partial charge is 0.381 e. The number of hydrogen-bond donors (Lipinski definition) is 2. The average molecular weight is 324 g/mol. The van der Waals surface area contributed by atoms with Gasteiger partial charge in [0.05, 0.1) is 0 Å². The van der Waals surface area contributed by atoms with Crippen LogP contribution in [0.25, 0.3) is 0 Å². The van der Waals surface area contributed by atoms with Crippen molar-refractivity contribution in [1.82, 2.24) is 5.32 Å². The van der Waals surface area contributed by atoms with Gasteiger partial charge in [-0.2, -0.15) is 13.2 Å². The van der Waals surface area contributed by atoms with E-state index in [0.29, 0.717) is 6.07 Å². The van der Waals surface area contributed by atoms with Gasteiger partial charge in [-0.15, -0.1) is 0 Å². The summed E-state index contributed by atoms with van der Waals surface area (Å²) < 4.78 is 70.5. The van der Waals surface area contributed by atoms with Gasteiger partial charge in [-0.25, -0.2) is 13.6 Å². The SMILES string of the molecule is O=C(Nc1cc(F)cc(F)c1)NC1(C(F)(F)F)CCOCC1. The van der Waals surface area contributed by atoms with Crippen LogP contribution in [0.4, 0.5) is 32.4 Å². The van der Waals surface area contributed by atoms with Gasteiger partial charge >= 0.3 is 12.2 Å². The minimum Gasteiger partial charge on any atom is -0.381 e. The molecule has 2 N–H and O–H groups in total. The van der Waals surface area contributed by atoms with Crippen LogP contribution in [-0.2, 0) is 4.74 Å². The fourth-order valence-corrected chi connectivity index (χ4v) is 2.20. The predicted octanol–water partition coefficient (Wildman–Crippen LogP) is 3.20. The van der Waals surface area contributed by atoms with Crippen molar-refractivity contribution in [3.8, 4) is 0 Å². The van der Waals surface area contributed by atoms with Crippen LogP contribution in [0, 0.1) is 11.6 Å². The molecule has 0 spiro atoms. The summed E-state index contributed by atoms with van der Waals surface area (Å²) in [5.74, 6) is -1.90. The van der Waals surface area contributed by atoms with Crippen LogP contribution < -0.4 is 10.6 Å². The van der Waals surface area contributed by atoms with Crippen LogP contribution in [0.2, 0.25) is 0 Å². The zero-order valence-electron chi connectivity index (χ0n) is 11.3. The maximum Gasteiger partial charge on any atom is 0.411 e. The summed E-state index contributed by atoms with van der Waals surface area (Å²) in [6, 6.07) is 0.989. The first-order valence-corrected chi connectivity index (χ1v) is 6.42. The van der Waals surface area contributed by atoms with Gasteiger partial charge in [0.2, 0.25) is 0 Å². The molecule has 22 heavy (non-hydrogen) atoms. The summed E-state index contributed by atoms with van der Waals surface area (Å²) in [4.78, 5) is 11.7. The van der Waals surface area contributed by atoms with Gasteiger partial charge in [0.15, 0.2) is 0 Å². The highest BCUT2D eigenvalue weighted by Gasteiger charge is 2.56. The molecule has 0 bridgehead atoms. The Hall–Kier alpha value is -1.90. The third-order valence-corrected chi connectivity index (χ3v) is 3.36. The minimum absolute atomic E-state index is 0.144. The van der Waals surface area contributed by atoms with Crippen molar-refractivity contribution >= 4 is 11.7 Å². The molecule has 1 saturated heterocycles. The zero-order chi connectivity index (χ0) is 16.4. The number of anilines is 1. The molecule has 1 aromatic carbocycles.